The molecule has 1 aliphatic rings. The second-order valence-electron chi connectivity index (χ2n) is 10.9. The van der Waals surface area contributed by atoms with Gasteiger partial charge in [0.2, 0.25) is 5.91 Å². The van der Waals surface area contributed by atoms with Crippen molar-refractivity contribution >= 4 is 23.2 Å². The number of nitrogens with one attached hydrogen (secondary N) is 2. The van der Waals surface area contributed by atoms with Crippen LogP contribution in [0.3, 0.4) is 0 Å². The van der Waals surface area contributed by atoms with E-state index in [9.17, 15) is 9.59 Å². The molecule has 0 aliphatic heterocycles. The first-order valence-corrected chi connectivity index (χ1v) is 14.1. The van der Waals surface area contributed by atoms with Gasteiger partial charge in [0.05, 0.1) is 5.41 Å². The molecule has 2 N–H and O–H groups in total. The van der Waals surface area contributed by atoms with Crippen molar-refractivity contribution in [1.82, 2.24) is 5.32 Å². The molecule has 5 nitrogen and oxygen atoms in total. The van der Waals surface area contributed by atoms with Crippen LogP contribution in [-0.2, 0) is 16.8 Å². The van der Waals surface area contributed by atoms with E-state index in [1.807, 2.05) is 68.7 Å². The SMILES string of the molecule is CN(C)c1ccc(-c2ccc(CNC(=O)C3(c4cccc(C(=O)Nc5ccccc5)c4)CCCCC3)cc2)cc1. The topological polar surface area (TPSA) is 61.4 Å². The summed E-state index contributed by atoms with van der Waals surface area (Å²) >= 11 is 0. The maximum absolute atomic E-state index is 13.8. The van der Waals surface area contributed by atoms with Crippen molar-refractivity contribution < 1.29 is 9.59 Å². The maximum atomic E-state index is 13.8. The number of benzene rings is 4. The number of rotatable bonds is 8. The summed E-state index contributed by atoms with van der Waals surface area (Å²) in [7, 11) is 4.07. The number of para-hydroxylation sites is 1. The van der Waals surface area contributed by atoms with E-state index < -0.39 is 5.41 Å². The van der Waals surface area contributed by atoms with E-state index in [-0.39, 0.29) is 11.8 Å². The fourth-order valence-corrected chi connectivity index (χ4v) is 5.60. The fraction of sp³-hybridized carbons (Fsp3) is 0.257. The molecule has 0 atom stereocenters. The zero-order valence-corrected chi connectivity index (χ0v) is 23.3. The second kappa shape index (κ2) is 12.2. The number of hydrogen-bond acceptors (Lipinski definition) is 3. The number of anilines is 2. The minimum atomic E-state index is -0.630. The zero-order valence-electron chi connectivity index (χ0n) is 23.3. The number of carbonyl (C=O) groups excluding carboxylic acids is 2. The second-order valence-corrected chi connectivity index (χ2v) is 10.9. The van der Waals surface area contributed by atoms with E-state index in [0.717, 1.165) is 54.5 Å². The number of amides is 2. The molecule has 5 heteroatoms. The molecule has 0 radical (unpaired) electrons. The normalized spacial score (nSPS) is 14.2. The molecule has 40 heavy (non-hydrogen) atoms. The van der Waals surface area contributed by atoms with Gasteiger partial charge in [-0.05, 0) is 71.5 Å². The molecule has 5 rings (SSSR count). The van der Waals surface area contributed by atoms with Gasteiger partial charge in [-0.1, -0.05) is 86.0 Å². The van der Waals surface area contributed by atoms with E-state index in [0.29, 0.717) is 12.1 Å². The van der Waals surface area contributed by atoms with Crippen molar-refractivity contribution in [2.24, 2.45) is 0 Å². The molecule has 2 amide bonds. The summed E-state index contributed by atoms with van der Waals surface area (Å²) < 4.78 is 0. The molecule has 1 saturated carbocycles. The average molecular weight is 532 g/mol. The summed E-state index contributed by atoms with van der Waals surface area (Å²) in [5, 5.41) is 6.19. The Bertz CT molecular complexity index is 1440. The molecule has 0 heterocycles. The first-order chi connectivity index (χ1) is 19.4. The van der Waals surface area contributed by atoms with Crippen molar-refractivity contribution in [3.05, 3.63) is 120 Å². The Hall–Kier alpha value is -4.38. The van der Waals surface area contributed by atoms with Gasteiger partial charge >= 0.3 is 0 Å². The number of nitrogens with zero attached hydrogens (tertiary/aromatic N) is 1. The summed E-state index contributed by atoms with van der Waals surface area (Å²) in [5.41, 5.74) is 6.14. The van der Waals surface area contributed by atoms with Gasteiger partial charge in [-0.25, -0.2) is 0 Å². The largest absolute Gasteiger partial charge is 0.378 e. The Morgan fingerprint density at radius 1 is 0.750 bits per heavy atom. The predicted molar refractivity (Wildman–Crippen MR) is 164 cm³/mol. The van der Waals surface area contributed by atoms with Gasteiger partial charge in [0.1, 0.15) is 0 Å². The van der Waals surface area contributed by atoms with E-state index in [1.165, 1.54) is 11.3 Å². The van der Waals surface area contributed by atoms with Crippen LogP contribution in [0.4, 0.5) is 11.4 Å². The molecular formula is C35H37N3O2. The highest BCUT2D eigenvalue weighted by Crippen LogP contribution is 2.40. The standard InChI is InChI=1S/C35H37N3O2/c1-38(2)32-20-18-28(19-21-32)27-16-14-26(15-17-27)25-36-34(40)35(22-7-4-8-23-35)30-11-9-10-29(24-30)33(39)37-31-12-5-3-6-13-31/h3,5-6,9-21,24H,4,7-8,22-23,25H2,1-2H3,(H,36,40)(H,37,39). The fourth-order valence-electron chi connectivity index (χ4n) is 5.60. The van der Waals surface area contributed by atoms with Crippen LogP contribution in [0.15, 0.2) is 103 Å². The lowest BCUT2D eigenvalue weighted by Gasteiger charge is -2.36. The van der Waals surface area contributed by atoms with Crippen LogP contribution in [-0.4, -0.2) is 25.9 Å². The number of hydrogen-bond donors (Lipinski definition) is 2. The van der Waals surface area contributed by atoms with Gasteiger partial charge < -0.3 is 15.5 Å². The summed E-state index contributed by atoms with van der Waals surface area (Å²) in [6, 6.07) is 33.9. The van der Waals surface area contributed by atoms with Crippen LogP contribution >= 0.6 is 0 Å². The van der Waals surface area contributed by atoms with Crippen molar-refractivity contribution in [3.63, 3.8) is 0 Å². The van der Waals surface area contributed by atoms with Crippen LogP contribution in [0.2, 0.25) is 0 Å². The lowest BCUT2D eigenvalue weighted by Crippen LogP contribution is -2.45. The molecule has 1 aliphatic carbocycles. The van der Waals surface area contributed by atoms with Crippen LogP contribution in [0, 0.1) is 0 Å². The first kappa shape index (κ1) is 27.2. The van der Waals surface area contributed by atoms with E-state index in [2.05, 4.69) is 64.1 Å². The van der Waals surface area contributed by atoms with Crippen LogP contribution in [0.25, 0.3) is 11.1 Å². The van der Waals surface area contributed by atoms with Gasteiger partial charge in [0, 0.05) is 37.6 Å². The smallest absolute Gasteiger partial charge is 0.255 e. The molecule has 0 bridgehead atoms. The third-order valence-corrected chi connectivity index (χ3v) is 7.97. The van der Waals surface area contributed by atoms with Crippen molar-refractivity contribution in [1.29, 1.82) is 0 Å². The Morgan fingerprint density at radius 2 is 1.40 bits per heavy atom. The molecular weight excluding hydrogens is 494 g/mol. The van der Waals surface area contributed by atoms with E-state index in [1.54, 1.807) is 0 Å². The molecule has 0 aromatic heterocycles. The lowest BCUT2D eigenvalue weighted by atomic mass is 9.68. The Morgan fingerprint density at radius 3 is 2.05 bits per heavy atom. The highest BCUT2D eigenvalue weighted by molar-refractivity contribution is 6.04. The van der Waals surface area contributed by atoms with Crippen LogP contribution in [0.5, 0.6) is 0 Å². The molecule has 0 unspecified atom stereocenters. The quantitative estimate of drug-likeness (QED) is 0.253. The van der Waals surface area contributed by atoms with Crippen molar-refractivity contribution in [2.75, 3.05) is 24.3 Å². The van der Waals surface area contributed by atoms with Gasteiger partial charge in [0.25, 0.3) is 5.91 Å². The molecule has 4 aromatic carbocycles. The van der Waals surface area contributed by atoms with Crippen molar-refractivity contribution in [2.45, 2.75) is 44.1 Å². The Balaban J connectivity index is 1.29. The van der Waals surface area contributed by atoms with Gasteiger partial charge in [-0.3, -0.25) is 9.59 Å². The average Bonchev–Trinajstić information content (AvgIpc) is 3.01. The van der Waals surface area contributed by atoms with Crippen LogP contribution in [0.1, 0.15) is 53.6 Å². The summed E-state index contributed by atoms with van der Waals surface area (Å²) in [4.78, 5) is 28.9. The molecule has 204 valence electrons. The minimum Gasteiger partial charge on any atom is -0.378 e. The van der Waals surface area contributed by atoms with Crippen molar-refractivity contribution in [3.8, 4) is 11.1 Å². The Kier molecular flexibility index (Phi) is 8.30. The number of carbonyl (C=O) groups is 2. The minimum absolute atomic E-state index is 0.0381. The molecule has 0 saturated heterocycles. The lowest BCUT2D eigenvalue weighted by molar-refractivity contribution is -0.128. The third kappa shape index (κ3) is 6.09. The highest BCUT2D eigenvalue weighted by Gasteiger charge is 2.41. The van der Waals surface area contributed by atoms with Crippen LogP contribution < -0.4 is 15.5 Å². The van der Waals surface area contributed by atoms with Gasteiger partial charge in [-0.2, -0.15) is 0 Å². The van der Waals surface area contributed by atoms with E-state index in [4.69, 9.17) is 0 Å². The first-order valence-electron chi connectivity index (χ1n) is 14.1. The molecule has 0 spiro atoms. The van der Waals surface area contributed by atoms with Gasteiger partial charge in [-0.15, -0.1) is 0 Å². The molecule has 1 fully saturated rings. The Labute approximate surface area is 237 Å². The summed E-state index contributed by atoms with van der Waals surface area (Å²) in [6.45, 7) is 0.467. The maximum Gasteiger partial charge on any atom is 0.255 e. The van der Waals surface area contributed by atoms with Gasteiger partial charge in [0.15, 0.2) is 0 Å². The summed E-state index contributed by atoms with van der Waals surface area (Å²) in [5.74, 6) is -0.132. The summed E-state index contributed by atoms with van der Waals surface area (Å²) in [6.07, 6.45) is 4.68. The monoisotopic (exact) mass is 531 g/mol. The highest BCUT2D eigenvalue weighted by atomic mass is 16.2. The zero-order chi connectivity index (χ0) is 28.0. The third-order valence-electron chi connectivity index (χ3n) is 7.97. The molecule has 4 aromatic rings. The predicted octanol–water partition coefficient (Wildman–Crippen LogP) is 7.19. The van der Waals surface area contributed by atoms with E-state index >= 15 is 0 Å².